The van der Waals surface area contributed by atoms with Gasteiger partial charge in [-0.15, -0.1) is 0 Å². The molecule has 6 heteroatoms. The van der Waals surface area contributed by atoms with E-state index in [4.69, 9.17) is 9.15 Å². The Balaban J connectivity index is 1.51. The summed E-state index contributed by atoms with van der Waals surface area (Å²) in [6.07, 6.45) is 6.63. The highest BCUT2D eigenvalue weighted by Crippen LogP contribution is 2.18. The molecule has 0 spiro atoms. The maximum absolute atomic E-state index is 11.9. The van der Waals surface area contributed by atoms with Gasteiger partial charge in [0.25, 0.3) is 0 Å². The fourth-order valence-corrected chi connectivity index (χ4v) is 2.06. The average molecular weight is 323 g/mol. The lowest BCUT2D eigenvalue weighted by atomic mass is 10.3. The summed E-state index contributed by atoms with van der Waals surface area (Å²) in [5.41, 5.74) is 2.54. The molecule has 3 rings (SSSR count). The van der Waals surface area contributed by atoms with Gasteiger partial charge in [0.15, 0.2) is 0 Å². The second kappa shape index (κ2) is 7.82. The molecule has 0 atom stereocenters. The number of nitrogens with one attached hydrogen (secondary N) is 2. The highest BCUT2D eigenvalue weighted by molar-refractivity contribution is 5.89. The first kappa shape index (κ1) is 15.6. The predicted octanol–water partition coefficient (Wildman–Crippen LogP) is 3.58. The van der Waals surface area contributed by atoms with Crippen LogP contribution in [0.15, 0.2) is 71.8 Å². The molecule has 6 nitrogen and oxygen atoms in total. The molecule has 2 aromatic heterocycles. The number of hydrogen-bond acceptors (Lipinski definition) is 4. The maximum Gasteiger partial charge on any atom is 0.319 e. The number of furan rings is 1. The number of aromatic nitrogens is 1. The van der Waals surface area contributed by atoms with Crippen molar-refractivity contribution in [3.8, 4) is 5.75 Å². The first-order valence-corrected chi connectivity index (χ1v) is 7.47. The molecular weight excluding hydrogens is 306 g/mol. The number of amides is 2. The van der Waals surface area contributed by atoms with Crippen molar-refractivity contribution in [2.24, 2.45) is 0 Å². The molecule has 0 fully saturated rings. The van der Waals surface area contributed by atoms with Crippen molar-refractivity contribution in [2.45, 2.75) is 13.2 Å². The molecule has 24 heavy (non-hydrogen) atoms. The molecule has 0 radical (unpaired) electrons. The molecule has 2 heterocycles. The van der Waals surface area contributed by atoms with Gasteiger partial charge in [0.2, 0.25) is 0 Å². The van der Waals surface area contributed by atoms with Crippen LogP contribution in [-0.2, 0) is 13.2 Å². The van der Waals surface area contributed by atoms with E-state index in [2.05, 4.69) is 15.6 Å². The lowest BCUT2D eigenvalue weighted by Gasteiger charge is -2.10. The van der Waals surface area contributed by atoms with Crippen molar-refractivity contribution in [3.63, 3.8) is 0 Å². The summed E-state index contributed by atoms with van der Waals surface area (Å²) in [5.74, 6) is 0.673. The molecule has 122 valence electrons. The molecule has 1 aromatic carbocycles. The first-order valence-electron chi connectivity index (χ1n) is 7.47. The van der Waals surface area contributed by atoms with E-state index in [1.165, 1.54) is 0 Å². The van der Waals surface area contributed by atoms with Crippen molar-refractivity contribution < 1.29 is 13.9 Å². The third-order valence-electron chi connectivity index (χ3n) is 3.25. The van der Waals surface area contributed by atoms with E-state index in [-0.39, 0.29) is 6.03 Å². The largest absolute Gasteiger partial charge is 0.489 e. The second-order valence-electron chi connectivity index (χ2n) is 5.12. The van der Waals surface area contributed by atoms with Crippen LogP contribution in [0.1, 0.15) is 11.1 Å². The van der Waals surface area contributed by atoms with Crippen LogP contribution in [0.3, 0.4) is 0 Å². The summed E-state index contributed by atoms with van der Waals surface area (Å²) in [6.45, 7) is 0.823. The number of carbonyl (C=O) groups excluding carboxylic acids is 1. The highest BCUT2D eigenvalue weighted by atomic mass is 16.5. The molecule has 2 amide bonds. The fraction of sp³-hybridized carbons (Fsp3) is 0.111. The number of benzene rings is 1. The van der Waals surface area contributed by atoms with Crippen LogP contribution in [-0.4, -0.2) is 11.0 Å². The fourth-order valence-electron chi connectivity index (χ4n) is 2.06. The zero-order valence-electron chi connectivity index (χ0n) is 12.9. The molecular formula is C18H17N3O3. The van der Waals surface area contributed by atoms with E-state index in [9.17, 15) is 4.79 Å². The van der Waals surface area contributed by atoms with Gasteiger partial charge in [-0.2, -0.15) is 0 Å². The number of carbonyl (C=O) groups is 1. The monoisotopic (exact) mass is 323 g/mol. The van der Waals surface area contributed by atoms with Gasteiger partial charge in [0.1, 0.15) is 12.4 Å². The molecule has 0 unspecified atom stereocenters. The van der Waals surface area contributed by atoms with Crippen molar-refractivity contribution >= 4 is 11.7 Å². The number of urea groups is 1. The number of pyridine rings is 1. The molecule has 0 bridgehead atoms. The van der Waals surface area contributed by atoms with Gasteiger partial charge in [-0.1, -0.05) is 12.1 Å². The Morgan fingerprint density at radius 1 is 1.17 bits per heavy atom. The Bertz CT molecular complexity index is 773. The number of anilines is 1. The zero-order valence-corrected chi connectivity index (χ0v) is 12.9. The number of ether oxygens (including phenoxy) is 1. The molecule has 0 saturated carbocycles. The minimum Gasteiger partial charge on any atom is -0.489 e. The minimum atomic E-state index is -0.291. The molecule has 3 aromatic rings. The van der Waals surface area contributed by atoms with Crippen LogP contribution >= 0.6 is 0 Å². The van der Waals surface area contributed by atoms with Crippen molar-refractivity contribution in [1.82, 2.24) is 10.3 Å². The van der Waals surface area contributed by atoms with E-state index >= 15 is 0 Å². The molecule has 0 aliphatic rings. The smallest absolute Gasteiger partial charge is 0.319 e. The quantitative estimate of drug-likeness (QED) is 0.727. The normalized spacial score (nSPS) is 10.2. The molecule has 0 aliphatic carbocycles. The predicted molar refractivity (Wildman–Crippen MR) is 89.6 cm³/mol. The van der Waals surface area contributed by atoms with Gasteiger partial charge in [0, 0.05) is 41.8 Å². The van der Waals surface area contributed by atoms with Crippen LogP contribution in [0.2, 0.25) is 0 Å². The lowest BCUT2D eigenvalue weighted by molar-refractivity contribution is 0.251. The summed E-state index contributed by atoms with van der Waals surface area (Å²) in [6, 6.07) is 12.5. The Morgan fingerprint density at radius 3 is 2.92 bits per heavy atom. The Labute approximate surface area is 139 Å². The van der Waals surface area contributed by atoms with E-state index in [1.54, 1.807) is 43.1 Å². The average Bonchev–Trinajstić information content (AvgIpc) is 3.13. The van der Waals surface area contributed by atoms with Gasteiger partial charge >= 0.3 is 6.03 Å². The number of hydrogen-bond donors (Lipinski definition) is 2. The topological polar surface area (TPSA) is 76.4 Å². The highest BCUT2D eigenvalue weighted by Gasteiger charge is 2.04. The Kier molecular flexibility index (Phi) is 5.09. The maximum atomic E-state index is 11.9. The second-order valence-corrected chi connectivity index (χ2v) is 5.12. The van der Waals surface area contributed by atoms with Gasteiger partial charge in [-0.05, 0) is 24.3 Å². The molecule has 2 N–H and O–H groups in total. The summed E-state index contributed by atoms with van der Waals surface area (Å²) >= 11 is 0. The number of rotatable bonds is 6. The summed E-state index contributed by atoms with van der Waals surface area (Å²) in [4.78, 5) is 15.9. The van der Waals surface area contributed by atoms with E-state index in [0.29, 0.717) is 24.6 Å². The van der Waals surface area contributed by atoms with Crippen molar-refractivity contribution in [1.29, 1.82) is 0 Å². The van der Waals surface area contributed by atoms with Crippen molar-refractivity contribution in [3.05, 3.63) is 78.5 Å². The number of nitrogens with zero attached hydrogens (tertiary/aromatic N) is 1. The van der Waals surface area contributed by atoms with Crippen LogP contribution in [0, 0.1) is 0 Å². The summed E-state index contributed by atoms with van der Waals surface area (Å²) in [5, 5.41) is 5.52. The summed E-state index contributed by atoms with van der Waals surface area (Å²) in [7, 11) is 0. The van der Waals surface area contributed by atoms with Gasteiger partial charge < -0.3 is 19.8 Å². The van der Waals surface area contributed by atoms with Crippen LogP contribution in [0.5, 0.6) is 5.75 Å². The minimum absolute atomic E-state index is 0.291. The van der Waals surface area contributed by atoms with Crippen molar-refractivity contribution in [2.75, 3.05) is 5.32 Å². The third kappa shape index (κ3) is 4.61. The standard InChI is InChI=1S/C18H17N3O3/c22-18(20-11-15-6-8-23-12-15)21-16-4-1-5-17(9-16)24-13-14-3-2-7-19-10-14/h1-10,12H,11,13H2,(H2,20,21,22). The SMILES string of the molecule is O=C(NCc1ccoc1)Nc1cccc(OCc2cccnc2)c1. The van der Waals surface area contributed by atoms with Crippen LogP contribution in [0.25, 0.3) is 0 Å². The van der Waals surface area contributed by atoms with Crippen LogP contribution in [0.4, 0.5) is 10.5 Å². The summed E-state index contributed by atoms with van der Waals surface area (Å²) < 4.78 is 10.7. The van der Waals surface area contributed by atoms with Gasteiger partial charge in [-0.25, -0.2) is 4.79 Å². The van der Waals surface area contributed by atoms with Gasteiger partial charge in [-0.3, -0.25) is 4.98 Å². The van der Waals surface area contributed by atoms with E-state index in [0.717, 1.165) is 11.1 Å². The van der Waals surface area contributed by atoms with Gasteiger partial charge in [0.05, 0.1) is 12.5 Å². The van der Waals surface area contributed by atoms with E-state index < -0.39 is 0 Å². The van der Waals surface area contributed by atoms with E-state index in [1.807, 2.05) is 24.3 Å². The third-order valence-corrected chi connectivity index (χ3v) is 3.25. The Hall–Kier alpha value is -3.28. The van der Waals surface area contributed by atoms with Crippen LogP contribution < -0.4 is 15.4 Å². The lowest BCUT2D eigenvalue weighted by Crippen LogP contribution is -2.27. The molecule has 0 saturated heterocycles. The zero-order chi connectivity index (χ0) is 16.6. The first-order chi connectivity index (χ1) is 11.8. The molecule has 0 aliphatic heterocycles. The Morgan fingerprint density at radius 2 is 2.12 bits per heavy atom.